The summed E-state index contributed by atoms with van der Waals surface area (Å²) in [6.07, 6.45) is 1.22. The number of hydrogen-bond donors (Lipinski definition) is 2. The summed E-state index contributed by atoms with van der Waals surface area (Å²) >= 11 is 5.89. The molecule has 0 aliphatic carbocycles. The number of nitrogens with two attached hydrogens (primary N) is 1. The van der Waals surface area contributed by atoms with Crippen molar-refractivity contribution >= 4 is 34.7 Å². The summed E-state index contributed by atoms with van der Waals surface area (Å²) < 4.78 is 7.07. The maximum atomic E-state index is 11.7. The fraction of sp³-hybridized carbons (Fsp3) is 0.333. The number of alkyl carbamates (subject to hydrolysis) is 1. The lowest BCUT2D eigenvalue weighted by atomic mass is 10.1. The number of halogens is 1. The molecule has 2 aromatic heterocycles. The number of hydrogen-bond acceptors (Lipinski definition) is 6. The largest absolute Gasteiger partial charge is 0.444 e. The second kappa shape index (κ2) is 7.40. The summed E-state index contributed by atoms with van der Waals surface area (Å²) in [6.45, 7) is 6.43. The van der Waals surface area contributed by atoms with Crippen LogP contribution >= 0.6 is 11.6 Å². The number of carbonyl (C=O) groups is 1. The lowest BCUT2D eigenvalue weighted by molar-refractivity contribution is 0.0523. The molecule has 2 heterocycles. The summed E-state index contributed by atoms with van der Waals surface area (Å²) in [5, 5.41) is 2.82. The highest BCUT2D eigenvalue weighted by atomic mass is 35.5. The first-order valence-corrected chi connectivity index (χ1v) is 8.77. The van der Waals surface area contributed by atoms with Crippen LogP contribution in [0.4, 0.5) is 10.6 Å². The fourth-order valence-corrected chi connectivity index (χ4v) is 2.67. The minimum absolute atomic E-state index is 0.0883. The predicted octanol–water partition coefficient (Wildman–Crippen LogP) is 3.13. The van der Waals surface area contributed by atoms with Crippen molar-refractivity contribution in [1.29, 1.82) is 0 Å². The molecule has 3 aromatic rings. The SMILES string of the molecule is CC(C)(C)OC(=O)NCc1ccc(Cn2cnc3c(N)nc(Cl)nc32)cc1. The number of rotatable bonds is 4. The van der Waals surface area contributed by atoms with E-state index in [4.69, 9.17) is 22.1 Å². The van der Waals surface area contributed by atoms with Crippen LogP contribution in [0.1, 0.15) is 31.9 Å². The number of nitrogens with zero attached hydrogens (tertiary/aromatic N) is 4. The topological polar surface area (TPSA) is 108 Å². The number of imidazole rings is 1. The maximum absolute atomic E-state index is 11.7. The molecule has 8 nitrogen and oxygen atoms in total. The Bertz CT molecular complexity index is 962. The van der Waals surface area contributed by atoms with Gasteiger partial charge in [-0.25, -0.2) is 9.78 Å². The molecule has 9 heteroatoms. The first-order chi connectivity index (χ1) is 12.7. The molecule has 3 rings (SSSR count). The van der Waals surface area contributed by atoms with Gasteiger partial charge in [0.05, 0.1) is 12.9 Å². The maximum Gasteiger partial charge on any atom is 0.407 e. The van der Waals surface area contributed by atoms with Gasteiger partial charge in [0, 0.05) is 6.54 Å². The minimum Gasteiger partial charge on any atom is -0.444 e. The number of aromatic nitrogens is 4. The lowest BCUT2D eigenvalue weighted by Gasteiger charge is -2.19. The first-order valence-electron chi connectivity index (χ1n) is 8.40. The van der Waals surface area contributed by atoms with Crippen molar-refractivity contribution < 1.29 is 9.53 Å². The molecule has 3 N–H and O–H groups in total. The van der Waals surface area contributed by atoms with Crippen LogP contribution in [0.25, 0.3) is 11.2 Å². The summed E-state index contributed by atoms with van der Waals surface area (Å²) in [6, 6.07) is 7.85. The monoisotopic (exact) mass is 388 g/mol. The van der Waals surface area contributed by atoms with Gasteiger partial charge in [-0.05, 0) is 43.5 Å². The standard InChI is InChI=1S/C18H21ClN6O2/c1-18(2,3)27-17(26)21-8-11-4-6-12(7-5-11)9-25-10-22-13-14(20)23-16(19)24-15(13)25/h4-7,10H,8-9H2,1-3H3,(H,21,26)(H2,20,23,24). The van der Waals surface area contributed by atoms with Gasteiger partial charge >= 0.3 is 6.09 Å². The Labute approximate surface area is 161 Å². The highest BCUT2D eigenvalue weighted by molar-refractivity contribution is 6.28. The van der Waals surface area contributed by atoms with Gasteiger partial charge in [0.25, 0.3) is 0 Å². The number of ether oxygens (including phenoxy) is 1. The van der Waals surface area contributed by atoms with Crippen LogP contribution in [0, 0.1) is 0 Å². The van der Waals surface area contributed by atoms with E-state index in [0.29, 0.717) is 24.3 Å². The van der Waals surface area contributed by atoms with E-state index in [9.17, 15) is 4.79 Å². The number of fused-ring (bicyclic) bond motifs is 1. The van der Waals surface area contributed by atoms with Gasteiger partial charge in [0.2, 0.25) is 5.28 Å². The Morgan fingerprint density at radius 2 is 1.89 bits per heavy atom. The fourth-order valence-electron chi connectivity index (χ4n) is 2.50. The molecule has 1 amide bonds. The van der Waals surface area contributed by atoms with E-state index in [1.165, 1.54) is 0 Å². The smallest absolute Gasteiger partial charge is 0.407 e. The van der Waals surface area contributed by atoms with Gasteiger partial charge in [-0.2, -0.15) is 9.97 Å². The van der Waals surface area contributed by atoms with Crippen molar-refractivity contribution in [2.24, 2.45) is 0 Å². The molecule has 0 fully saturated rings. The molecular weight excluding hydrogens is 368 g/mol. The van der Waals surface area contributed by atoms with Gasteiger partial charge in [-0.3, -0.25) is 0 Å². The summed E-state index contributed by atoms with van der Waals surface area (Å²) in [7, 11) is 0. The third kappa shape index (κ3) is 4.85. The third-order valence-electron chi connectivity index (χ3n) is 3.68. The number of nitrogen functional groups attached to an aromatic ring is 1. The Morgan fingerprint density at radius 1 is 1.22 bits per heavy atom. The van der Waals surface area contributed by atoms with Gasteiger partial charge in [0.1, 0.15) is 11.1 Å². The number of nitrogens with one attached hydrogen (secondary N) is 1. The zero-order valence-corrected chi connectivity index (χ0v) is 16.1. The van der Waals surface area contributed by atoms with Gasteiger partial charge < -0.3 is 20.4 Å². The van der Waals surface area contributed by atoms with Crippen molar-refractivity contribution in [2.75, 3.05) is 5.73 Å². The second-order valence-corrected chi connectivity index (χ2v) is 7.43. The molecule has 0 saturated carbocycles. The zero-order chi connectivity index (χ0) is 19.6. The Balaban J connectivity index is 1.65. The molecule has 0 saturated heterocycles. The van der Waals surface area contributed by atoms with Crippen LogP contribution in [0.3, 0.4) is 0 Å². The molecule has 27 heavy (non-hydrogen) atoms. The Kier molecular flexibility index (Phi) is 5.18. The van der Waals surface area contributed by atoms with E-state index in [2.05, 4.69) is 20.3 Å². The normalized spacial score (nSPS) is 11.6. The zero-order valence-electron chi connectivity index (χ0n) is 15.4. The van der Waals surface area contributed by atoms with Crippen molar-refractivity contribution in [3.05, 3.63) is 47.0 Å². The average Bonchev–Trinajstić information content (AvgIpc) is 2.96. The summed E-state index contributed by atoms with van der Waals surface area (Å²) in [5.74, 6) is 0.257. The number of benzene rings is 1. The minimum atomic E-state index is -0.517. The molecule has 0 aliphatic rings. The third-order valence-corrected chi connectivity index (χ3v) is 3.84. The van der Waals surface area contributed by atoms with Crippen LogP contribution in [0.5, 0.6) is 0 Å². The molecule has 142 valence electrons. The van der Waals surface area contributed by atoms with Crippen molar-refractivity contribution in [1.82, 2.24) is 24.8 Å². The predicted molar refractivity (Wildman–Crippen MR) is 103 cm³/mol. The molecule has 0 bridgehead atoms. The van der Waals surface area contributed by atoms with E-state index in [0.717, 1.165) is 11.1 Å². The van der Waals surface area contributed by atoms with Gasteiger partial charge in [-0.1, -0.05) is 24.3 Å². The van der Waals surface area contributed by atoms with E-state index < -0.39 is 11.7 Å². The lowest BCUT2D eigenvalue weighted by Crippen LogP contribution is -2.32. The average molecular weight is 389 g/mol. The van der Waals surface area contributed by atoms with Crippen molar-refractivity contribution in [3.8, 4) is 0 Å². The molecule has 0 radical (unpaired) electrons. The van der Waals surface area contributed by atoms with Crippen molar-refractivity contribution in [3.63, 3.8) is 0 Å². The molecular formula is C18H21ClN6O2. The van der Waals surface area contributed by atoms with Gasteiger partial charge in [0.15, 0.2) is 11.5 Å². The van der Waals surface area contributed by atoms with Crippen LogP contribution < -0.4 is 11.1 Å². The highest BCUT2D eigenvalue weighted by Gasteiger charge is 2.15. The highest BCUT2D eigenvalue weighted by Crippen LogP contribution is 2.19. The summed E-state index contributed by atoms with van der Waals surface area (Å²) in [4.78, 5) is 24.1. The van der Waals surface area contributed by atoms with Crippen LogP contribution in [0.2, 0.25) is 5.28 Å². The quantitative estimate of drug-likeness (QED) is 0.665. The Morgan fingerprint density at radius 3 is 2.56 bits per heavy atom. The van der Waals surface area contributed by atoms with Crippen LogP contribution in [0.15, 0.2) is 30.6 Å². The number of carbonyl (C=O) groups excluding carboxylic acids is 1. The molecule has 0 spiro atoms. The van der Waals surface area contributed by atoms with E-state index in [1.54, 1.807) is 6.33 Å². The molecule has 1 aromatic carbocycles. The molecule has 0 aliphatic heterocycles. The Hall–Kier alpha value is -2.87. The van der Waals surface area contributed by atoms with E-state index in [-0.39, 0.29) is 11.1 Å². The number of amides is 1. The van der Waals surface area contributed by atoms with Crippen molar-refractivity contribution in [2.45, 2.75) is 39.5 Å². The van der Waals surface area contributed by atoms with Crippen LogP contribution in [-0.4, -0.2) is 31.2 Å². The summed E-state index contributed by atoms with van der Waals surface area (Å²) in [5.41, 5.74) is 8.43. The van der Waals surface area contributed by atoms with E-state index in [1.807, 2.05) is 49.6 Å². The molecule has 0 atom stereocenters. The molecule has 0 unspecified atom stereocenters. The van der Waals surface area contributed by atoms with E-state index >= 15 is 0 Å². The van der Waals surface area contributed by atoms with Gasteiger partial charge in [-0.15, -0.1) is 0 Å². The first kappa shape index (κ1) is 18.9. The second-order valence-electron chi connectivity index (χ2n) is 7.09. The van der Waals surface area contributed by atoms with Crippen LogP contribution in [-0.2, 0) is 17.8 Å². The number of anilines is 1.